The first-order valence-electron chi connectivity index (χ1n) is 10.5. The predicted octanol–water partition coefficient (Wildman–Crippen LogP) is 2.83. The molecule has 1 aromatic heterocycles. The first-order valence-corrected chi connectivity index (χ1v) is 11.4. The summed E-state index contributed by atoms with van der Waals surface area (Å²) in [4.78, 5) is 31.9. The van der Waals surface area contributed by atoms with Crippen LogP contribution < -0.4 is 14.4 Å². The Balaban J connectivity index is 1.44. The van der Waals surface area contributed by atoms with Crippen LogP contribution in [0.1, 0.15) is 11.8 Å². The minimum absolute atomic E-state index is 0.00895. The van der Waals surface area contributed by atoms with Gasteiger partial charge in [-0.1, -0.05) is 6.07 Å². The molecule has 0 saturated carbocycles. The van der Waals surface area contributed by atoms with E-state index in [4.69, 9.17) is 14.2 Å². The second-order valence-corrected chi connectivity index (χ2v) is 8.38. The zero-order valence-corrected chi connectivity index (χ0v) is 18.4. The highest BCUT2D eigenvalue weighted by molar-refractivity contribution is 7.09. The Bertz CT molecular complexity index is 897. The van der Waals surface area contributed by atoms with Gasteiger partial charge in [0.15, 0.2) is 11.5 Å². The molecule has 9 heteroatoms. The van der Waals surface area contributed by atoms with Crippen LogP contribution in [0.4, 0.5) is 10.5 Å². The van der Waals surface area contributed by atoms with Gasteiger partial charge in [0.1, 0.15) is 13.2 Å². The molecule has 2 amide bonds. The van der Waals surface area contributed by atoms with E-state index < -0.39 is 0 Å². The maximum Gasteiger partial charge on any atom is 0.409 e. The number of piperazine rings is 1. The van der Waals surface area contributed by atoms with Crippen LogP contribution in [-0.4, -0.2) is 74.3 Å². The fourth-order valence-electron chi connectivity index (χ4n) is 3.66. The average molecular weight is 446 g/mol. The van der Waals surface area contributed by atoms with Crippen LogP contribution in [0.15, 0.2) is 35.7 Å². The van der Waals surface area contributed by atoms with Crippen LogP contribution in [-0.2, 0) is 16.1 Å². The molecule has 8 nitrogen and oxygen atoms in total. The molecule has 2 aliphatic heterocycles. The Morgan fingerprint density at radius 2 is 1.87 bits per heavy atom. The van der Waals surface area contributed by atoms with Gasteiger partial charge in [-0.3, -0.25) is 9.69 Å². The van der Waals surface area contributed by atoms with Crippen molar-refractivity contribution in [3.63, 3.8) is 0 Å². The Morgan fingerprint density at radius 1 is 1.10 bits per heavy atom. The van der Waals surface area contributed by atoms with Gasteiger partial charge in [-0.15, -0.1) is 11.3 Å². The number of benzene rings is 1. The number of carbonyl (C=O) groups excluding carboxylic acids is 2. The van der Waals surface area contributed by atoms with Gasteiger partial charge in [0.2, 0.25) is 5.91 Å². The third-order valence-corrected chi connectivity index (χ3v) is 6.15. The van der Waals surface area contributed by atoms with E-state index in [1.165, 1.54) is 0 Å². The van der Waals surface area contributed by atoms with Gasteiger partial charge < -0.3 is 24.0 Å². The van der Waals surface area contributed by atoms with Gasteiger partial charge in [0, 0.05) is 42.8 Å². The molecule has 166 valence electrons. The number of ether oxygens (including phenoxy) is 3. The lowest BCUT2D eigenvalue weighted by Gasteiger charge is -2.35. The van der Waals surface area contributed by atoms with Crippen molar-refractivity contribution in [2.24, 2.45) is 0 Å². The lowest BCUT2D eigenvalue weighted by molar-refractivity contribution is -0.120. The molecule has 0 N–H and O–H groups in total. The third-order valence-electron chi connectivity index (χ3n) is 5.29. The lowest BCUT2D eigenvalue weighted by atomic mass is 10.2. The molecule has 2 aromatic rings. The molecule has 0 aliphatic carbocycles. The fourth-order valence-corrected chi connectivity index (χ4v) is 4.35. The van der Waals surface area contributed by atoms with Gasteiger partial charge in [-0.2, -0.15) is 0 Å². The van der Waals surface area contributed by atoms with Crippen molar-refractivity contribution in [3.8, 4) is 11.5 Å². The van der Waals surface area contributed by atoms with Gasteiger partial charge in [-0.25, -0.2) is 4.79 Å². The molecular formula is C22H27N3O5S. The van der Waals surface area contributed by atoms with E-state index in [1.807, 2.05) is 35.7 Å². The Kier molecular flexibility index (Phi) is 6.93. The molecule has 1 fully saturated rings. The predicted molar refractivity (Wildman–Crippen MR) is 118 cm³/mol. The van der Waals surface area contributed by atoms with Crippen molar-refractivity contribution in [3.05, 3.63) is 40.6 Å². The number of rotatable bonds is 6. The summed E-state index contributed by atoms with van der Waals surface area (Å²) in [6.07, 6.45) is -0.288. The Morgan fingerprint density at radius 3 is 2.58 bits per heavy atom. The number of nitrogens with zero attached hydrogens (tertiary/aromatic N) is 3. The summed E-state index contributed by atoms with van der Waals surface area (Å²) in [7, 11) is 0. The van der Waals surface area contributed by atoms with E-state index in [0.717, 1.165) is 10.6 Å². The van der Waals surface area contributed by atoms with Crippen molar-refractivity contribution in [2.75, 3.05) is 57.4 Å². The first-order chi connectivity index (χ1) is 15.1. The van der Waals surface area contributed by atoms with Gasteiger partial charge in [0.05, 0.1) is 19.7 Å². The summed E-state index contributed by atoms with van der Waals surface area (Å²) in [5, 5.41) is 2.01. The second kappa shape index (κ2) is 10.0. The quantitative estimate of drug-likeness (QED) is 0.681. The van der Waals surface area contributed by atoms with Crippen molar-refractivity contribution in [1.29, 1.82) is 0 Å². The SMILES string of the molecule is CCOC(=O)N1CCN(CC(=O)N(Cc2cccs2)c2ccc3c(c2)OCCO3)CC1. The van der Waals surface area contributed by atoms with Crippen molar-refractivity contribution >= 4 is 29.0 Å². The minimum Gasteiger partial charge on any atom is -0.486 e. The van der Waals surface area contributed by atoms with Crippen LogP contribution in [0.2, 0.25) is 0 Å². The third kappa shape index (κ3) is 5.29. The molecule has 0 spiro atoms. The van der Waals surface area contributed by atoms with Crippen molar-refractivity contribution in [2.45, 2.75) is 13.5 Å². The molecule has 2 aliphatic rings. The minimum atomic E-state index is -0.288. The molecule has 4 rings (SSSR count). The summed E-state index contributed by atoms with van der Waals surface area (Å²) in [5.74, 6) is 1.37. The highest BCUT2D eigenvalue weighted by atomic mass is 32.1. The van der Waals surface area contributed by atoms with E-state index in [9.17, 15) is 9.59 Å². The topological polar surface area (TPSA) is 71.6 Å². The van der Waals surface area contributed by atoms with Gasteiger partial charge in [-0.05, 0) is 30.5 Å². The number of amides is 2. The summed E-state index contributed by atoms with van der Waals surface area (Å²) in [5.41, 5.74) is 0.785. The summed E-state index contributed by atoms with van der Waals surface area (Å²) < 4.78 is 16.4. The second-order valence-electron chi connectivity index (χ2n) is 7.35. The molecule has 1 aromatic carbocycles. The summed E-state index contributed by atoms with van der Waals surface area (Å²) in [6, 6.07) is 9.65. The smallest absolute Gasteiger partial charge is 0.409 e. The standard InChI is InChI=1S/C22H27N3O5S/c1-2-28-22(27)24-9-7-23(8-10-24)16-21(26)25(15-18-4-3-13-31-18)17-5-6-19-20(14-17)30-12-11-29-19/h3-6,13-14H,2,7-12,15-16H2,1H3. The monoisotopic (exact) mass is 445 g/mol. The van der Waals surface area contributed by atoms with Crippen LogP contribution in [0, 0.1) is 0 Å². The van der Waals surface area contributed by atoms with Crippen LogP contribution in [0.25, 0.3) is 0 Å². The number of carbonyl (C=O) groups is 2. The number of hydrogen-bond acceptors (Lipinski definition) is 7. The fraction of sp³-hybridized carbons (Fsp3) is 0.455. The molecule has 1 saturated heterocycles. The zero-order chi connectivity index (χ0) is 21.6. The average Bonchev–Trinajstić information content (AvgIpc) is 3.31. The highest BCUT2D eigenvalue weighted by Gasteiger charge is 2.26. The summed E-state index contributed by atoms with van der Waals surface area (Å²) in [6.45, 7) is 6.37. The van der Waals surface area contributed by atoms with Crippen LogP contribution in [0.3, 0.4) is 0 Å². The maximum atomic E-state index is 13.3. The molecule has 0 radical (unpaired) electrons. The zero-order valence-electron chi connectivity index (χ0n) is 17.6. The molecule has 0 bridgehead atoms. The van der Waals surface area contributed by atoms with Gasteiger partial charge >= 0.3 is 6.09 Å². The number of anilines is 1. The van der Waals surface area contributed by atoms with E-state index in [1.54, 1.807) is 28.1 Å². The largest absolute Gasteiger partial charge is 0.486 e. The van der Waals surface area contributed by atoms with E-state index in [0.29, 0.717) is 64.0 Å². The molecule has 0 atom stereocenters. The van der Waals surface area contributed by atoms with Crippen molar-refractivity contribution < 1.29 is 23.8 Å². The normalized spacial score (nSPS) is 16.1. The molecule has 0 unspecified atom stereocenters. The van der Waals surface area contributed by atoms with E-state index >= 15 is 0 Å². The van der Waals surface area contributed by atoms with Gasteiger partial charge in [0.25, 0.3) is 0 Å². The number of thiophene rings is 1. The first kappa shape index (κ1) is 21.5. The van der Waals surface area contributed by atoms with E-state index in [2.05, 4.69) is 4.90 Å². The maximum absolute atomic E-state index is 13.3. The van der Waals surface area contributed by atoms with Crippen molar-refractivity contribution in [1.82, 2.24) is 9.80 Å². The Labute approximate surface area is 185 Å². The lowest BCUT2D eigenvalue weighted by Crippen LogP contribution is -2.51. The molecule has 3 heterocycles. The van der Waals surface area contributed by atoms with Crippen LogP contribution >= 0.6 is 11.3 Å². The molecule has 31 heavy (non-hydrogen) atoms. The number of fused-ring (bicyclic) bond motifs is 1. The van der Waals surface area contributed by atoms with Crippen LogP contribution in [0.5, 0.6) is 11.5 Å². The molecular weight excluding hydrogens is 418 g/mol. The highest BCUT2D eigenvalue weighted by Crippen LogP contribution is 2.34. The van der Waals surface area contributed by atoms with E-state index in [-0.39, 0.29) is 18.5 Å². The summed E-state index contributed by atoms with van der Waals surface area (Å²) >= 11 is 1.62. The number of hydrogen-bond donors (Lipinski definition) is 0. The Hall–Kier alpha value is -2.78.